The minimum absolute atomic E-state index is 0.131. The summed E-state index contributed by atoms with van der Waals surface area (Å²) < 4.78 is 26.6. The van der Waals surface area contributed by atoms with Crippen molar-refractivity contribution in [3.63, 3.8) is 0 Å². The fraction of sp³-hybridized carbons (Fsp3) is 0.154. The first kappa shape index (κ1) is 13.7. The summed E-state index contributed by atoms with van der Waals surface area (Å²) in [6.45, 7) is -0.0594. The number of rotatable bonds is 5. The zero-order chi connectivity index (χ0) is 13.7. The molecule has 0 amide bonds. The number of nitrogens with zero attached hydrogens (tertiary/aromatic N) is 1. The van der Waals surface area contributed by atoms with E-state index < -0.39 is 10.0 Å². The number of hydrogen-bond donors (Lipinski definition) is 2. The number of benzene rings is 1. The van der Waals surface area contributed by atoms with E-state index in [1.54, 1.807) is 36.5 Å². The van der Waals surface area contributed by atoms with Gasteiger partial charge in [0.15, 0.2) is 0 Å². The van der Waals surface area contributed by atoms with Crippen LogP contribution in [0.2, 0.25) is 0 Å². The van der Waals surface area contributed by atoms with Crippen LogP contribution in [0.1, 0.15) is 11.3 Å². The number of hydrogen-bond acceptors (Lipinski definition) is 4. The molecular weight excluding hydrogens is 264 g/mol. The molecule has 0 unspecified atom stereocenters. The number of aliphatic hydroxyl groups is 1. The van der Waals surface area contributed by atoms with Crippen molar-refractivity contribution >= 4 is 10.0 Å². The molecule has 1 aromatic carbocycles. The van der Waals surface area contributed by atoms with E-state index in [1.165, 1.54) is 12.1 Å². The summed E-state index contributed by atoms with van der Waals surface area (Å²) >= 11 is 0. The maximum Gasteiger partial charge on any atom is 0.240 e. The van der Waals surface area contributed by atoms with Crippen LogP contribution in [0.25, 0.3) is 0 Å². The minimum Gasteiger partial charge on any atom is -0.392 e. The number of sulfonamides is 1. The standard InChI is InChI=1S/C13H14N2O3S/c16-10-11-4-3-6-13(8-11)19(17,18)15-9-12-5-1-2-7-14-12/h1-8,15-16H,9-10H2. The highest BCUT2D eigenvalue weighted by Crippen LogP contribution is 2.11. The van der Waals surface area contributed by atoms with Crippen molar-refractivity contribution in [1.82, 2.24) is 9.71 Å². The van der Waals surface area contributed by atoms with Crippen molar-refractivity contribution in [2.24, 2.45) is 0 Å². The van der Waals surface area contributed by atoms with Crippen LogP contribution in [0.4, 0.5) is 0 Å². The second-order valence-corrected chi connectivity index (χ2v) is 5.72. The van der Waals surface area contributed by atoms with Gasteiger partial charge in [0.1, 0.15) is 0 Å². The van der Waals surface area contributed by atoms with E-state index in [2.05, 4.69) is 9.71 Å². The molecular formula is C13H14N2O3S. The van der Waals surface area contributed by atoms with E-state index in [-0.39, 0.29) is 18.0 Å². The molecule has 0 saturated carbocycles. The summed E-state index contributed by atoms with van der Waals surface area (Å²) in [6.07, 6.45) is 1.61. The van der Waals surface area contributed by atoms with E-state index in [1.807, 2.05) is 0 Å². The second kappa shape index (κ2) is 5.92. The van der Waals surface area contributed by atoms with Gasteiger partial charge in [0.05, 0.1) is 23.7 Å². The molecule has 0 aliphatic rings. The van der Waals surface area contributed by atoms with Gasteiger partial charge in [0.25, 0.3) is 0 Å². The quantitative estimate of drug-likeness (QED) is 0.857. The molecule has 0 saturated heterocycles. The van der Waals surface area contributed by atoms with E-state index in [0.717, 1.165) is 0 Å². The lowest BCUT2D eigenvalue weighted by molar-refractivity contribution is 0.281. The zero-order valence-corrected chi connectivity index (χ0v) is 11.0. The van der Waals surface area contributed by atoms with E-state index in [9.17, 15) is 8.42 Å². The van der Waals surface area contributed by atoms with Gasteiger partial charge in [-0.05, 0) is 29.8 Å². The molecule has 0 fully saturated rings. The smallest absolute Gasteiger partial charge is 0.240 e. The van der Waals surface area contributed by atoms with Crippen LogP contribution >= 0.6 is 0 Å². The fourth-order valence-electron chi connectivity index (χ4n) is 1.57. The third-order valence-corrected chi connectivity index (χ3v) is 3.96. The highest BCUT2D eigenvalue weighted by Gasteiger charge is 2.14. The summed E-state index contributed by atoms with van der Waals surface area (Å²) in [5.41, 5.74) is 1.20. The van der Waals surface area contributed by atoms with Crippen molar-refractivity contribution in [3.05, 3.63) is 59.9 Å². The van der Waals surface area contributed by atoms with Crippen LogP contribution in [-0.4, -0.2) is 18.5 Å². The van der Waals surface area contributed by atoms with Crippen molar-refractivity contribution < 1.29 is 13.5 Å². The largest absolute Gasteiger partial charge is 0.392 e. The SMILES string of the molecule is O=S(=O)(NCc1ccccn1)c1cccc(CO)c1. The number of nitrogens with one attached hydrogen (secondary N) is 1. The van der Waals surface area contributed by atoms with Crippen molar-refractivity contribution in [1.29, 1.82) is 0 Å². The van der Waals surface area contributed by atoms with Crippen LogP contribution in [0, 0.1) is 0 Å². The van der Waals surface area contributed by atoms with Crippen LogP contribution in [-0.2, 0) is 23.2 Å². The normalized spacial score (nSPS) is 11.4. The van der Waals surface area contributed by atoms with Gasteiger partial charge in [-0.1, -0.05) is 18.2 Å². The molecule has 0 radical (unpaired) electrons. The van der Waals surface area contributed by atoms with Gasteiger partial charge >= 0.3 is 0 Å². The fourth-order valence-corrected chi connectivity index (χ4v) is 2.63. The molecule has 1 heterocycles. The number of aromatic nitrogens is 1. The third-order valence-electron chi connectivity index (χ3n) is 2.56. The Balaban J connectivity index is 2.14. The molecule has 5 nitrogen and oxygen atoms in total. The third kappa shape index (κ3) is 3.60. The number of aliphatic hydroxyl groups excluding tert-OH is 1. The predicted molar refractivity (Wildman–Crippen MR) is 70.6 cm³/mol. The number of pyridine rings is 1. The first-order valence-corrected chi connectivity index (χ1v) is 7.19. The molecule has 6 heteroatoms. The molecule has 0 aliphatic carbocycles. The molecule has 100 valence electrons. The van der Waals surface area contributed by atoms with Crippen molar-refractivity contribution in [2.45, 2.75) is 18.0 Å². The summed E-state index contributed by atoms with van der Waals surface area (Å²) in [5, 5.41) is 9.01. The Kier molecular flexibility index (Phi) is 4.26. The maximum atomic E-state index is 12.1. The maximum absolute atomic E-state index is 12.1. The van der Waals surface area contributed by atoms with E-state index >= 15 is 0 Å². The summed E-state index contributed by atoms with van der Waals surface area (Å²) in [5.74, 6) is 0. The summed E-state index contributed by atoms with van der Waals surface area (Å²) in [7, 11) is -3.59. The molecule has 2 aromatic rings. The highest BCUT2D eigenvalue weighted by atomic mass is 32.2. The molecule has 19 heavy (non-hydrogen) atoms. The molecule has 0 aliphatic heterocycles. The Morgan fingerprint density at radius 3 is 2.68 bits per heavy atom. The van der Waals surface area contributed by atoms with Gasteiger partial charge in [0.2, 0.25) is 10.0 Å². The van der Waals surface area contributed by atoms with Gasteiger partial charge in [-0.15, -0.1) is 0 Å². The molecule has 0 bridgehead atoms. The van der Waals surface area contributed by atoms with Crippen LogP contribution in [0.5, 0.6) is 0 Å². The predicted octanol–water partition coefficient (Wildman–Crippen LogP) is 1.05. The van der Waals surface area contributed by atoms with Gasteiger partial charge < -0.3 is 5.11 Å². The zero-order valence-electron chi connectivity index (χ0n) is 10.2. The molecule has 0 spiro atoms. The Hall–Kier alpha value is -1.76. The summed E-state index contributed by atoms with van der Waals surface area (Å²) in [4.78, 5) is 4.18. The lowest BCUT2D eigenvalue weighted by Crippen LogP contribution is -2.23. The van der Waals surface area contributed by atoms with Gasteiger partial charge in [0, 0.05) is 6.20 Å². The second-order valence-electron chi connectivity index (χ2n) is 3.95. The molecule has 2 N–H and O–H groups in total. The minimum atomic E-state index is -3.59. The van der Waals surface area contributed by atoms with Gasteiger partial charge in [-0.3, -0.25) is 4.98 Å². The van der Waals surface area contributed by atoms with Crippen LogP contribution < -0.4 is 4.72 Å². The first-order chi connectivity index (χ1) is 9.12. The average molecular weight is 278 g/mol. The Morgan fingerprint density at radius 1 is 1.16 bits per heavy atom. The molecule has 2 rings (SSSR count). The molecule has 1 aromatic heterocycles. The average Bonchev–Trinajstić information content (AvgIpc) is 2.46. The van der Waals surface area contributed by atoms with Crippen LogP contribution in [0.3, 0.4) is 0 Å². The summed E-state index contributed by atoms with van der Waals surface area (Å²) in [6, 6.07) is 11.5. The molecule has 0 atom stereocenters. The van der Waals surface area contributed by atoms with Crippen molar-refractivity contribution in [3.8, 4) is 0 Å². The monoisotopic (exact) mass is 278 g/mol. The van der Waals surface area contributed by atoms with E-state index in [0.29, 0.717) is 11.3 Å². The Bertz CT molecular complexity index is 642. The van der Waals surface area contributed by atoms with Gasteiger partial charge in [-0.2, -0.15) is 0 Å². The van der Waals surface area contributed by atoms with Crippen LogP contribution in [0.15, 0.2) is 53.6 Å². The Labute approximate surface area is 112 Å². The van der Waals surface area contributed by atoms with Gasteiger partial charge in [-0.25, -0.2) is 13.1 Å². The lowest BCUT2D eigenvalue weighted by atomic mass is 10.2. The van der Waals surface area contributed by atoms with E-state index in [4.69, 9.17) is 5.11 Å². The Morgan fingerprint density at radius 2 is 2.00 bits per heavy atom. The lowest BCUT2D eigenvalue weighted by Gasteiger charge is -2.07. The first-order valence-electron chi connectivity index (χ1n) is 5.71. The van der Waals surface area contributed by atoms with Crippen molar-refractivity contribution in [2.75, 3.05) is 0 Å². The topological polar surface area (TPSA) is 79.3 Å². The highest BCUT2D eigenvalue weighted by molar-refractivity contribution is 7.89.